The van der Waals surface area contributed by atoms with Gasteiger partial charge >= 0.3 is 0 Å². The average molecular weight is 312 g/mol. The minimum Gasteiger partial charge on any atom is -0.398 e. The summed E-state index contributed by atoms with van der Waals surface area (Å²) in [4.78, 5) is 0. The van der Waals surface area contributed by atoms with E-state index in [1.165, 1.54) is 0 Å². The van der Waals surface area contributed by atoms with Gasteiger partial charge in [-0.1, -0.05) is 17.7 Å². The number of benzene rings is 2. The largest absolute Gasteiger partial charge is 0.398 e. The Balaban J connectivity index is 2.33. The van der Waals surface area contributed by atoms with Crippen LogP contribution < -0.4 is 11.1 Å². The number of hydrogen-bond donors (Lipinski definition) is 2. The van der Waals surface area contributed by atoms with Crippen molar-refractivity contribution in [1.29, 1.82) is 0 Å². The lowest BCUT2D eigenvalue weighted by molar-refractivity contribution is 1.43. The van der Waals surface area contributed by atoms with Crippen LogP contribution in [0.15, 0.2) is 40.9 Å². The van der Waals surface area contributed by atoms with Crippen molar-refractivity contribution in [2.75, 3.05) is 11.1 Å². The van der Waals surface area contributed by atoms with Crippen molar-refractivity contribution in [3.63, 3.8) is 0 Å². The summed E-state index contributed by atoms with van der Waals surface area (Å²) >= 11 is 9.42. The Labute approximate surface area is 114 Å². The van der Waals surface area contributed by atoms with Crippen molar-refractivity contribution in [2.24, 2.45) is 0 Å². The molecule has 17 heavy (non-hydrogen) atoms. The average Bonchev–Trinajstić information content (AvgIpc) is 2.26. The second kappa shape index (κ2) is 4.98. The molecule has 0 aliphatic heterocycles. The minimum atomic E-state index is 0.707. The first kappa shape index (κ1) is 12.3. The number of aryl methyl sites for hydroxylation is 1. The Hall–Kier alpha value is -1.19. The second-order valence-corrected chi connectivity index (χ2v) is 5.11. The predicted molar refractivity (Wildman–Crippen MR) is 78.0 cm³/mol. The van der Waals surface area contributed by atoms with Gasteiger partial charge in [0.1, 0.15) is 0 Å². The molecule has 4 heteroatoms. The van der Waals surface area contributed by atoms with Crippen LogP contribution in [-0.4, -0.2) is 0 Å². The summed E-state index contributed by atoms with van der Waals surface area (Å²) in [7, 11) is 0. The van der Waals surface area contributed by atoms with Gasteiger partial charge in [0.25, 0.3) is 0 Å². The molecular weight excluding hydrogens is 300 g/mol. The maximum Gasteiger partial charge on any atom is 0.0532 e. The first-order valence-corrected chi connectivity index (χ1v) is 6.31. The number of nitrogen functional groups attached to an aromatic ring is 1. The summed E-state index contributed by atoms with van der Waals surface area (Å²) in [6.45, 7) is 1.98. The van der Waals surface area contributed by atoms with E-state index in [-0.39, 0.29) is 0 Å². The molecule has 3 N–H and O–H groups in total. The van der Waals surface area contributed by atoms with Crippen molar-refractivity contribution in [3.8, 4) is 0 Å². The van der Waals surface area contributed by atoms with Crippen LogP contribution in [-0.2, 0) is 0 Å². The fraction of sp³-hybridized carbons (Fsp3) is 0.0769. The van der Waals surface area contributed by atoms with Gasteiger partial charge < -0.3 is 11.1 Å². The van der Waals surface area contributed by atoms with Gasteiger partial charge in [-0.05, 0) is 58.7 Å². The van der Waals surface area contributed by atoms with Gasteiger partial charge in [0.2, 0.25) is 0 Å². The molecule has 0 radical (unpaired) electrons. The smallest absolute Gasteiger partial charge is 0.0532 e. The van der Waals surface area contributed by atoms with E-state index in [9.17, 15) is 0 Å². The molecule has 0 spiro atoms. The number of nitrogens with one attached hydrogen (secondary N) is 1. The zero-order valence-corrected chi connectivity index (χ0v) is 11.6. The quantitative estimate of drug-likeness (QED) is 0.786. The van der Waals surface area contributed by atoms with E-state index in [4.69, 9.17) is 17.3 Å². The SMILES string of the molecule is Cc1cc(Nc2cccc(Cl)c2)c(Br)cc1N. The molecule has 0 fully saturated rings. The van der Waals surface area contributed by atoms with Gasteiger partial charge in [-0.2, -0.15) is 0 Å². The Morgan fingerprint density at radius 3 is 2.71 bits per heavy atom. The van der Waals surface area contributed by atoms with E-state index in [0.29, 0.717) is 5.02 Å². The normalized spacial score (nSPS) is 10.3. The van der Waals surface area contributed by atoms with Crippen molar-refractivity contribution in [2.45, 2.75) is 6.92 Å². The van der Waals surface area contributed by atoms with Crippen LogP contribution in [0, 0.1) is 6.92 Å². The third-order valence-corrected chi connectivity index (χ3v) is 3.35. The van der Waals surface area contributed by atoms with Gasteiger partial charge in [-0.25, -0.2) is 0 Å². The van der Waals surface area contributed by atoms with Crippen LogP contribution >= 0.6 is 27.5 Å². The number of anilines is 3. The topological polar surface area (TPSA) is 38.0 Å². The molecule has 88 valence electrons. The summed E-state index contributed by atoms with van der Waals surface area (Å²) in [5.74, 6) is 0. The standard InChI is InChI=1S/C13H12BrClN2/c1-8-5-13(11(14)7-12(8)16)17-10-4-2-3-9(15)6-10/h2-7,17H,16H2,1H3. The highest BCUT2D eigenvalue weighted by atomic mass is 79.9. The van der Waals surface area contributed by atoms with Crippen LogP contribution in [0.4, 0.5) is 17.1 Å². The number of nitrogens with two attached hydrogens (primary N) is 1. The highest BCUT2D eigenvalue weighted by Gasteiger charge is 2.04. The molecule has 2 nitrogen and oxygen atoms in total. The fourth-order valence-corrected chi connectivity index (χ4v) is 2.16. The summed E-state index contributed by atoms with van der Waals surface area (Å²) in [5, 5.41) is 4.00. The lowest BCUT2D eigenvalue weighted by atomic mass is 10.2. The van der Waals surface area contributed by atoms with E-state index >= 15 is 0 Å². The van der Waals surface area contributed by atoms with Crippen LogP contribution in [0.25, 0.3) is 0 Å². The molecule has 0 saturated carbocycles. The molecule has 0 unspecified atom stereocenters. The maximum atomic E-state index is 5.94. The molecule has 0 aliphatic carbocycles. The summed E-state index contributed by atoms with van der Waals surface area (Å²) in [6, 6.07) is 11.5. The number of halogens is 2. The van der Waals surface area contributed by atoms with Crippen LogP contribution in [0.3, 0.4) is 0 Å². The van der Waals surface area contributed by atoms with Gasteiger partial charge in [0.05, 0.1) is 5.69 Å². The molecule has 0 aromatic heterocycles. The van der Waals surface area contributed by atoms with Crippen LogP contribution in [0.1, 0.15) is 5.56 Å². The molecule has 2 aromatic rings. The Morgan fingerprint density at radius 2 is 2.00 bits per heavy atom. The highest BCUT2D eigenvalue weighted by molar-refractivity contribution is 9.10. The van der Waals surface area contributed by atoms with Crippen LogP contribution in [0.5, 0.6) is 0 Å². The Kier molecular flexibility index (Phi) is 3.60. The van der Waals surface area contributed by atoms with Crippen molar-refractivity contribution in [3.05, 3.63) is 51.5 Å². The van der Waals surface area contributed by atoms with Gasteiger partial charge in [0, 0.05) is 20.9 Å². The monoisotopic (exact) mass is 310 g/mol. The molecule has 2 aromatic carbocycles. The van der Waals surface area contributed by atoms with Crippen molar-refractivity contribution < 1.29 is 0 Å². The molecule has 0 amide bonds. The molecule has 0 atom stereocenters. The maximum absolute atomic E-state index is 5.94. The first-order chi connectivity index (χ1) is 8.06. The third kappa shape index (κ3) is 2.93. The third-order valence-electron chi connectivity index (χ3n) is 2.46. The number of hydrogen-bond acceptors (Lipinski definition) is 2. The minimum absolute atomic E-state index is 0.707. The zero-order valence-electron chi connectivity index (χ0n) is 9.30. The van der Waals surface area contributed by atoms with Crippen molar-refractivity contribution >= 4 is 44.6 Å². The lowest BCUT2D eigenvalue weighted by Gasteiger charge is -2.11. The summed E-state index contributed by atoms with van der Waals surface area (Å²) in [6.07, 6.45) is 0. The van der Waals surface area contributed by atoms with E-state index in [1.807, 2.05) is 43.3 Å². The summed E-state index contributed by atoms with van der Waals surface area (Å²) in [5.41, 5.74) is 9.56. The van der Waals surface area contributed by atoms with E-state index < -0.39 is 0 Å². The molecular formula is C13H12BrClN2. The molecule has 0 aliphatic rings. The lowest BCUT2D eigenvalue weighted by Crippen LogP contribution is -1.95. The Bertz CT molecular complexity index is 555. The van der Waals surface area contributed by atoms with Gasteiger partial charge in [-0.15, -0.1) is 0 Å². The molecule has 0 bridgehead atoms. The fourth-order valence-electron chi connectivity index (χ4n) is 1.51. The second-order valence-electron chi connectivity index (χ2n) is 3.82. The predicted octanol–water partition coefficient (Wildman–Crippen LogP) is 4.74. The molecule has 2 rings (SSSR count). The van der Waals surface area contributed by atoms with Gasteiger partial charge in [-0.3, -0.25) is 0 Å². The summed E-state index contributed by atoms with van der Waals surface area (Å²) < 4.78 is 0.931. The first-order valence-electron chi connectivity index (χ1n) is 5.14. The Morgan fingerprint density at radius 1 is 1.24 bits per heavy atom. The van der Waals surface area contributed by atoms with E-state index in [2.05, 4.69) is 21.2 Å². The zero-order chi connectivity index (χ0) is 12.4. The van der Waals surface area contributed by atoms with Crippen molar-refractivity contribution in [1.82, 2.24) is 0 Å². The van der Waals surface area contributed by atoms with Crippen LogP contribution in [0.2, 0.25) is 5.02 Å². The molecule has 0 heterocycles. The van der Waals surface area contributed by atoms with E-state index in [0.717, 1.165) is 27.1 Å². The number of rotatable bonds is 2. The molecule has 0 saturated heterocycles. The van der Waals surface area contributed by atoms with Gasteiger partial charge in [0.15, 0.2) is 0 Å². The highest BCUT2D eigenvalue weighted by Crippen LogP contribution is 2.30. The van der Waals surface area contributed by atoms with E-state index in [1.54, 1.807) is 0 Å².